The van der Waals surface area contributed by atoms with Crippen molar-refractivity contribution in [2.75, 3.05) is 32.8 Å². The fourth-order valence-electron chi connectivity index (χ4n) is 3.72. The number of hydrogen-bond acceptors (Lipinski definition) is 4. The molecule has 2 fully saturated rings. The van der Waals surface area contributed by atoms with Crippen LogP contribution < -0.4 is 0 Å². The summed E-state index contributed by atoms with van der Waals surface area (Å²) in [5.74, 6) is -0.0347. The van der Waals surface area contributed by atoms with E-state index in [0.29, 0.717) is 6.61 Å². The molecular weight excluding hydrogens is 288 g/mol. The SMILES string of the molecule is O=C1OCCC1N1CCN(Cc2cccc3ccccc23)CC1. The molecule has 1 unspecified atom stereocenters. The van der Waals surface area contributed by atoms with Crippen LogP contribution in [0.2, 0.25) is 0 Å². The molecule has 4 heteroatoms. The second-order valence-electron chi connectivity index (χ2n) is 6.42. The largest absolute Gasteiger partial charge is 0.464 e. The van der Waals surface area contributed by atoms with Gasteiger partial charge in [-0.05, 0) is 16.3 Å². The van der Waals surface area contributed by atoms with Gasteiger partial charge in [-0.2, -0.15) is 0 Å². The van der Waals surface area contributed by atoms with Gasteiger partial charge in [0.25, 0.3) is 0 Å². The molecular formula is C19H22N2O2. The third-order valence-electron chi connectivity index (χ3n) is 5.03. The molecule has 2 aliphatic heterocycles. The number of carbonyl (C=O) groups excluding carboxylic acids is 1. The third-order valence-corrected chi connectivity index (χ3v) is 5.03. The van der Waals surface area contributed by atoms with E-state index in [1.807, 2.05) is 0 Å². The zero-order chi connectivity index (χ0) is 15.6. The number of carbonyl (C=O) groups is 1. The van der Waals surface area contributed by atoms with E-state index in [9.17, 15) is 4.79 Å². The van der Waals surface area contributed by atoms with E-state index in [-0.39, 0.29) is 12.0 Å². The molecule has 0 amide bonds. The van der Waals surface area contributed by atoms with Crippen LogP contribution in [0.4, 0.5) is 0 Å². The maximum atomic E-state index is 11.7. The number of benzene rings is 2. The molecule has 0 saturated carbocycles. The minimum Gasteiger partial charge on any atom is -0.464 e. The van der Waals surface area contributed by atoms with E-state index in [0.717, 1.165) is 39.1 Å². The van der Waals surface area contributed by atoms with Crippen molar-refractivity contribution in [3.05, 3.63) is 48.0 Å². The van der Waals surface area contributed by atoms with E-state index < -0.39 is 0 Å². The minimum absolute atomic E-state index is 0.00490. The first kappa shape index (κ1) is 14.7. The Kier molecular flexibility index (Phi) is 4.02. The summed E-state index contributed by atoms with van der Waals surface area (Å²) in [7, 11) is 0. The Labute approximate surface area is 136 Å². The van der Waals surface area contributed by atoms with Crippen LogP contribution in [0.25, 0.3) is 10.8 Å². The van der Waals surface area contributed by atoms with Crippen molar-refractivity contribution < 1.29 is 9.53 Å². The van der Waals surface area contributed by atoms with Crippen molar-refractivity contribution in [1.82, 2.24) is 9.80 Å². The van der Waals surface area contributed by atoms with E-state index >= 15 is 0 Å². The van der Waals surface area contributed by atoms with Gasteiger partial charge in [-0.1, -0.05) is 42.5 Å². The van der Waals surface area contributed by atoms with Crippen molar-refractivity contribution in [3.8, 4) is 0 Å². The van der Waals surface area contributed by atoms with Gasteiger partial charge in [-0.25, -0.2) is 0 Å². The molecule has 2 heterocycles. The second kappa shape index (κ2) is 6.30. The summed E-state index contributed by atoms with van der Waals surface area (Å²) in [5, 5.41) is 2.65. The quantitative estimate of drug-likeness (QED) is 0.814. The Morgan fingerprint density at radius 3 is 2.57 bits per heavy atom. The molecule has 0 radical (unpaired) electrons. The van der Waals surface area contributed by atoms with Crippen LogP contribution >= 0.6 is 0 Å². The summed E-state index contributed by atoms with van der Waals surface area (Å²) in [6.07, 6.45) is 0.849. The molecule has 4 nitrogen and oxygen atoms in total. The van der Waals surface area contributed by atoms with Crippen LogP contribution in [0.3, 0.4) is 0 Å². The number of esters is 1. The topological polar surface area (TPSA) is 32.8 Å². The number of ether oxygens (including phenoxy) is 1. The lowest BCUT2D eigenvalue weighted by Crippen LogP contribution is -2.51. The van der Waals surface area contributed by atoms with Crippen molar-refractivity contribution in [1.29, 1.82) is 0 Å². The molecule has 0 N–H and O–H groups in total. The van der Waals surface area contributed by atoms with Crippen LogP contribution in [0.1, 0.15) is 12.0 Å². The predicted molar refractivity (Wildman–Crippen MR) is 90.2 cm³/mol. The van der Waals surface area contributed by atoms with E-state index in [1.54, 1.807) is 0 Å². The number of fused-ring (bicyclic) bond motifs is 1. The fourth-order valence-corrected chi connectivity index (χ4v) is 3.72. The molecule has 1 atom stereocenters. The van der Waals surface area contributed by atoms with Crippen molar-refractivity contribution in [2.45, 2.75) is 19.0 Å². The smallest absolute Gasteiger partial charge is 0.323 e. The van der Waals surface area contributed by atoms with Crippen LogP contribution in [0, 0.1) is 0 Å². The molecule has 2 aromatic rings. The number of hydrogen-bond donors (Lipinski definition) is 0. The van der Waals surface area contributed by atoms with E-state index in [2.05, 4.69) is 52.3 Å². The fraction of sp³-hybridized carbons (Fsp3) is 0.421. The highest BCUT2D eigenvalue weighted by Gasteiger charge is 2.33. The number of nitrogens with zero attached hydrogens (tertiary/aromatic N) is 2. The highest BCUT2D eigenvalue weighted by molar-refractivity contribution is 5.85. The summed E-state index contributed by atoms with van der Waals surface area (Å²) < 4.78 is 5.10. The average molecular weight is 310 g/mol. The molecule has 120 valence electrons. The summed E-state index contributed by atoms with van der Waals surface area (Å²) in [4.78, 5) is 16.5. The first-order valence-electron chi connectivity index (χ1n) is 8.41. The Bertz CT molecular complexity index is 702. The molecule has 0 spiro atoms. The summed E-state index contributed by atoms with van der Waals surface area (Å²) >= 11 is 0. The van der Waals surface area contributed by atoms with Gasteiger partial charge in [0.15, 0.2) is 0 Å². The van der Waals surface area contributed by atoms with Crippen molar-refractivity contribution in [3.63, 3.8) is 0 Å². The molecule has 23 heavy (non-hydrogen) atoms. The zero-order valence-corrected chi connectivity index (χ0v) is 13.3. The third kappa shape index (κ3) is 2.96. The number of rotatable bonds is 3. The van der Waals surface area contributed by atoms with Gasteiger partial charge < -0.3 is 4.74 Å². The van der Waals surface area contributed by atoms with Gasteiger partial charge in [0.1, 0.15) is 6.04 Å². The van der Waals surface area contributed by atoms with Crippen LogP contribution in [0.5, 0.6) is 0 Å². The highest BCUT2D eigenvalue weighted by atomic mass is 16.5. The van der Waals surface area contributed by atoms with Crippen molar-refractivity contribution >= 4 is 16.7 Å². The summed E-state index contributed by atoms with van der Waals surface area (Å²) in [6, 6.07) is 15.1. The molecule has 0 aliphatic carbocycles. The van der Waals surface area contributed by atoms with Gasteiger partial charge in [0, 0.05) is 39.1 Å². The van der Waals surface area contributed by atoms with Crippen LogP contribution in [-0.4, -0.2) is 54.6 Å². The standard InChI is InChI=1S/C19H22N2O2/c22-19-18(8-13-23-19)21-11-9-20(10-12-21)14-16-6-3-5-15-4-1-2-7-17(15)16/h1-7,18H,8-14H2. The lowest BCUT2D eigenvalue weighted by Gasteiger charge is -2.36. The molecule has 4 rings (SSSR count). The Hall–Kier alpha value is -1.91. The normalized spacial score (nSPS) is 23.3. The van der Waals surface area contributed by atoms with Gasteiger partial charge in [0.2, 0.25) is 0 Å². The average Bonchev–Trinajstić information content (AvgIpc) is 3.02. The molecule has 0 bridgehead atoms. The zero-order valence-electron chi connectivity index (χ0n) is 13.3. The van der Waals surface area contributed by atoms with Gasteiger partial charge in [0.05, 0.1) is 6.61 Å². The van der Waals surface area contributed by atoms with Crippen LogP contribution in [-0.2, 0) is 16.1 Å². The minimum atomic E-state index is -0.0347. The Morgan fingerprint density at radius 1 is 1.00 bits per heavy atom. The van der Waals surface area contributed by atoms with Gasteiger partial charge in [-0.15, -0.1) is 0 Å². The van der Waals surface area contributed by atoms with E-state index in [1.165, 1.54) is 16.3 Å². The maximum absolute atomic E-state index is 11.7. The first-order valence-corrected chi connectivity index (χ1v) is 8.41. The number of cyclic esters (lactones) is 1. The lowest BCUT2D eigenvalue weighted by molar-refractivity contribution is -0.142. The molecule has 2 aliphatic rings. The Balaban J connectivity index is 1.42. The summed E-state index contributed by atoms with van der Waals surface area (Å²) in [5.41, 5.74) is 1.39. The van der Waals surface area contributed by atoms with Crippen molar-refractivity contribution in [2.24, 2.45) is 0 Å². The number of piperazine rings is 1. The molecule has 0 aromatic heterocycles. The first-order chi connectivity index (χ1) is 11.3. The second-order valence-corrected chi connectivity index (χ2v) is 6.42. The maximum Gasteiger partial charge on any atom is 0.323 e. The summed E-state index contributed by atoms with van der Waals surface area (Å²) in [6.45, 7) is 5.47. The monoisotopic (exact) mass is 310 g/mol. The van der Waals surface area contributed by atoms with Gasteiger partial charge >= 0.3 is 5.97 Å². The van der Waals surface area contributed by atoms with E-state index in [4.69, 9.17) is 4.74 Å². The predicted octanol–water partition coefficient (Wildman–Crippen LogP) is 2.27. The highest BCUT2D eigenvalue weighted by Crippen LogP contribution is 2.21. The molecule has 2 saturated heterocycles. The lowest BCUT2D eigenvalue weighted by atomic mass is 10.0. The Morgan fingerprint density at radius 2 is 1.78 bits per heavy atom. The van der Waals surface area contributed by atoms with Crippen LogP contribution in [0.15, 0.2) is 42.5 Å². The van der Waals surface area contributed by atoms with Gasteiger partial charge in [-0.3, -0.25) is 14.6 Å². The molecule has 2 aromatic carbocycles.